The molecule has 4 nitrogen and oxygen atoms in total. The molecule has 1 heterocycles. The molecule has 1 aromatic heterocycles. The topological polar surface area (TPSA) is 44.2 Å². The molecule has 0 aliphatic heterocycles. The quantitative estimate of drug-likeness (QED) is 0.798. The van der Waals surface area contributed by atoms with Gasteiger partial charge in [-0.1, -0.05) is 0 Å². The second-order valence-corrected chi connectivity index (χ2v) is 4.11. The van der Waals surface area contributed by atoms with Crippen molar-refractivity contribution < 1.29 is 22.6 Å². The van der Waals surface area contributed by atoms with E-state index >= 15 is 0 Å². The van der Waals surface area contributed by atoms with Gasteiger partial charge in [-0.3, -0.25) is 0 Å². The average Bonchev–Trinajstić information content (AvgIpc) is 2.30. The first kappa shape index (κ1) is 13.6. The van der Waals surface area contributed by atoms with Crippen molar-refractivity contribution in [3.05, 3.63) is 41.3 Å². The maximum atomic E-state index is 12.0. The number of hydrogen-bond acceptors (Lipinski definition) is 4. The van der Waals surface area contributed by atoms with Crippen LogP contribution in [0.3, 0.4) is 0 Å². The summed E-state index contributed by atoms with van der Waals surface area (Å²) in [7, 11) is 0. The van der Waals surface area contributed by atoms with Crippen LogP contribution in [0, 0.1) is 0 Å². The van der Waals surface area contributed by atoms with Crippen LogP contribution in [0.2, 0.25) is 0 Å². The van der Waals surface area contributed by atoms with Crippen molar-refractivity contribution in [1.29, 1.82) is 0 Å². The molecule has 0 spiro atoms. The zero-order valence-corrected chi connectivity index (χ0v) is 10.8. The number of halogens is 4. The molecule has 0 unspecified atom stereocenters. The van der Waals surface area contributed by atoms with Crippen molar-refractivity contribution in [3.63, 3.8) is 0 Å². The lowest BCUT2D eigenvalue weighted by Gasteiger charge is -2.09. The van der Waals surface area contributed by atoms with Crippen molar-refractivity contribution in [2.24, 2.45) is 0 Å². The highest BCUT2D eigenvalue weighted by Crippen LogP contribution is 2.26. The molecule has 2 aromatic rings. The Morgan fingerprint density at radius 2 is 1.63 bits per heavy atom. The van der Waals surface area contributed by atoms with E-state index in [2.05, 4.69) is 30.6 Å². The Bertz CT molecular complexity index is 561. The van der Waals surface area contributed by atoms with E-state index in [1.165, 1.54) is 24.5 Å². The summed E-state index contributed by atoms with van der Waals surface area (Å²) in [6.07, 6.45) is -3.42. The predicted molar refractivity (Wildman–Crippen MR) is 62.9 cm³/mol. The molecule has 0 aliphatic rings. The van der Waals surface area contributed by atoms with Crippen molar-refractivity contribution in [2.75, 3.05) is 0 Å². The lowest BCUT2D eigenvalue weighted by molar-refractivity contribution is -0.274. The average molecular weight is 335 g/mol. The first-order chi connectivity index (χ1) is 8.92. The number of rotatable bonds is 3. The van der Waals surface area contributed by atoms with Crippen LogP contribution in [0.5, 0.6) is 17.4 Å². The van der Waals surface area contributed by atoms with Gasteiger partial charge in [-0.15, -0.1) is 13.2 Å². The van der Waals surface area contributed by atoms with Gasteiger partial charge in [0.05, 0.1) is 0 Å². The molecule has 0 N–H and O–H groups in total. The smallest absolute Gasteiger partial charge is 0.439 e. The standard InChI is InChI=1S/C11H6BrF3N2O2/c12-9-5-10(17-6-16-9)18-7-1-3-8(4-2-7)19-11(13,14)15/h1-6H. The number of benzene rings is 1. The van der Waals surface area contributed by atoms with E-state index in [1.807, 2.05) is 0 Å². The van der Waals surface area contributed by atoms with Gasteiger partial charge in [0.25, 0.3) is 0 Å². The SMILES string of the molecule is FC(F)(F)Oc1ccc(Oc2cc(Br)ncn2)cc1. The Morgan fingerprint density at radius 1 is 1.00 bits per heavy atom. The van der Waals surface area contributed by atoms with Crippen LogP contribution in [0.4, 0.5) is 13.2 Å². The van der Waals surface area contributed by atoms with Crippen molar-refractivity contribution in [2.45, 2.75) is 6.36 Å². The lowest BCUT2D eigenvalue weighted by Crippen LogP contribution is -2.16. The number of alkyl halides is 3. The van der Waals surface area contributed by atoms with Crippen LogP contribution in [0.15, 0.2) is 41.3 Å². The summed E-state index contributed by atoms with van der Waals surface area (Å²) in [5.74, 6) is 0.287. The fraction of sp³-hybridized carbons (Fsp3) is 0.0909. The molecule has 0 saturated heterocycles. The minimum Gasteiger partial charge on any atom is -0.439 e. The monoisotopic (exact) mass is 334 g/mol. The molecule has 0 saturated carbocycles. The van der Waals surface area contributed by atoms with Crippen LogP contribution in [0.25, 0.3) is 0 Å². The molecular formula is C11H6BrF3N2O2. The molecule has 8 heteroatoms. The van der Waals surface area contributed by atoms with Gasteiger partial charge >= 0.3 is 6.36 Å². The fourth-order valence-electron chi connectivity index (χ4n) is 1.20. The van der Waals surface area contributed by atoms with Crippen LogP contribution in [0.1, 0.15) is 0 Å². The van der Waals surface area contributed by atoms with E-state index in [4.69, 9.17) is 4.74 Å². The minimum absolute atomic E-state index is 0.270. The normalized spacial score (nSPS) is 11.2. The molecule has 2 rings (SSSR count). The molecule has 19 heavy (non-hydrogen) atoms. The van der Waals surface area contributed by atoms with Gasteiger partial charge in [-0.25, -0.2) is 9.97 Å². The largest absolute Gasteiger partial charge is 0.573 e. The molecular weight excluding hydrogens is 329 g/mol. The van der Waals surface area contributed by atoms with Gasteiger partial charge in [0, 0.05) is 6.07 Å². The van der Waals surface area contributed by atoms with Gasteiger partial charge in [0.2, 0.25) is 5.88 Å². The Kier molecular flexibility index (Phi) is 3.89. The Morgan fingerprint density at radius 3 is 2.21 bits per heavy atom. The van der Waals surface area contributed by atoms with Crippen molar-refractivity contribution in [3.8, 4) is 17.4 Å². The van der Waals surface area contributed by atoms with Crippen LogP contribution < -0.4 is 9.47 Å². The number of ether oxygens (including phenoxy) is 2. The van der Waals surface area contributed by atoms with Gasteiger partial charge in [0.15, 0.2) is 0 Å². The Labute approximate surface area is 114 Å². The van der Waals surface area contributed by atoms with Crippen LogP contribution in [-0.4, -0.2) is 16.3 Å². The minimum atomic E-state index is -4.71. The summed E-state index contributed by atoms with van der Waals surface area (Å²) < 4.78 is 45.5. The second kappa shape index (κ2) is 5.43. The second-order valence-electron chi connectivity index (χ2n) is 3.30. The summed E-state index contributed by atoms with van der Waals surface area (Å²) in [4.78, 5) is 7.66. The van der Waals surface area contributed by atoms with Crippen molar-refractivity contribution >= 4 is 15.9 Å². The van der Waals surface area contributed by atoms with E-state index in [0.29, 0.717) is 10.4 Å². The van der Waals surface area contributed by atoms with E-state index < -0.39 is 6.36 Å². The molecule has 1 aromatic carbocycles. The predicted octanol–water partition coefficient (Wildman–Crippen LogP) is 3.93. The molecule has 0 radical (unpaired) electrons. The molecule has 0 bridgehead atoms. The Hall–Kier alpha value is -1.83. The van der Waals surface area contributed by atoms with E-state index in [9.17, 15) is 13.2 Å². The third kappa shape index (κ3) is 4.40. The Balaban J connectivity index is 2.07. The highest BCUT2D eigenvalue weighted by molar-refractivity contribution is 9.10. The van der Waals surface area contributed by atoms with Gasteiger partial charge in [0.1, 0.15) is 22.4 Å². The highest BCUT2D eigenvalue weighted by atomic mass is 79.9. The van der Waals surface area contributed by atoms with Crippen LogP contribution in [-0.2, 0) is 0 Å². The fourth-order valence-corrected chi connectivity index (χ4v) is 1.49. The van der Waals surface area contributed by atoms with Crippen molar-refractivity contribution in [1.82, 2.24) is 9.97 Å². The molecule has 0 aliphatic carbocycles. The lowest BCUT2D eigenvalue weighted by atomic mass is 10.3. The zero-order chi connectivity index (χ0) is 13.9. The molecule has 0 amide bonds. The first-order valence-electron chi connectivity index (χ1n) is 4.93. The maximum Gasteiger partial charge on any atom is 0.573 e. The van der Waals surface area contributed by atoms with Crippen LogP contribution >= 0.6 is 15.9 Å². The summed E-state index contributed by atoms with van der Waals surface area (Å²) in [6.45, 7) is 0. The first-order valence-corrected chi connectivity index (χ1v) is 5.73. The number of nitrogens with zero attached hydrogens (tertiary/aromatic N) is 2. The molecule has 100 valence electrons. The van der Waals surface area contributed by atoms with E-state index in [1.54, 1.807) is 0 Å². The highest BCUT2D eigenvalue weighted by Gasteiger charge is 2.30. The van der Waals surface area contributed by atoms with Gasteiger partial charge in [-0.05, 0) is 40.2 Å². The summed E-state index contributed by atoms with van der Waals surface area (Å²) in [5, 5.41) is 0. The summed E-state index contributed by atoms with van der Waals surface area (Å²) >= 11 is 3.14. The van der Waals surface area contributed by atoms with Gasteiger partial charge < -0.3 is 9.47 Å². The van der Waals surface area contributed by atoms with E-state index in [-0.39, 0.29) is 11.6 Å². The third-order valence-corrected chi connectivity index (χ3v) is 2.32. The molecule has 0 atom stereocenters. The van der Waals surface area contributed by atoms with E-state index in [0.717, 1.165) is 12.1 Å². The summed E-state index contributed by atoms with van der Waals surface area (Å²) in [5.41, 5.74) is 0. The van der Waals surface area contributed by atoms with Gasteiger partial charge in [-0.2, -0.15) is 0 Å². The maximum absolute atomic E-state index is 12.0. The molecule has 0 fully saturated rings. The summed E-state index contributed by atoms with van der Waals surface area (Å²) in [6, 6.07) is 6.52. The third-order valence-electron chi connectivity index (χ3n) is 1.89. The number of hydrogen-bond donors (Lipinski definition) is 0. The zero-order valence-electron chi connectivity index (χ0n) is 9.19. The number of aromatic nitrogens is 2.